The van der Waals surface area contributed by atoms with Crippen LogP contribution in [0.5, 0.6) is 0 Å². The Morgan fingerprint density at radius 1 is 1.37 bits per heavy atom. The van der Waals surface area contributed by atoms with Gasteiger partial charge in [0.25, 0.3) is 0 Å². The number of aromatic nitrogens is 2. The summed E-state index contributed by atoms with van der Waals surface area (Å²) >= 11 is 9.76. The van der Waals surface area contributed by atoms with Crippen molar-refractivity contribution in [2.75, 3.05) is 0 Å². The molecule has 1 aromatic heterocycles. The van der Waals surface area contributed by atoms with E-state index in [1.54, 1.807) is 6.20 Å². The lowest BCUT2D eigenvalue weighted by atomic mass is 10.0. The van der Waals surface area contributed by atoms with Crippen molar-refractivity contribution < 1.29 is 0 Å². The van der Waals surface area contributed by atoms with Gasteiger partial charge in [-0.05, 0) is 38.0 Å². The van der Waals surface area contributed by atoms with Crippen molar-refractivity contribution in [3.8, 4) is 0 Å². The van der Waals surface area contributed by atoms with Crippen molar-refractivity contribution in [1.82, 2.24) is 9.78 Å². The van der Waals surface area contributed by atoms with E-state index in [2.05, 4.69) is 34.9 Å². The van der Waals surface area contributed by atoms with Crippen molar-refractivity contribution in [2.45, 2.75) is 32.9 Å². The average molecular weight is 343 g/mol. The van der Waals surface area contributed by atoms with Crippen LogP contribution in [0.4, 0.5) is 0 Å². The summed E-state index contributed by atoms with van der Waals surface area (Å²) in [6.07, 6.45) is 1.65. The molecule has 19 heavy (non-hydrogen) atoms. The zero-order valence-electron chi connectivity index (χ0n) is 11.2. The lowest BCUT2D eigenvalue weighted by molar-refractivity contribution is 0.499. The number of rotatable bonds is 3. The number of nitrogens with two attached hydrogens (primary N) is 1. The molecule has 2 aromatic rings. The van der Waals surface area contributed by atoms with Crippen molar-refractivity contribution >= 4 is 27.5 Å². The summed E-state index contributed by atoms with van der Waals surface area (Å²) in [6.45, 7) is 6.17. The van der Waals surface area contributed by atoms with Crippen LogP contribution in [-0.2, 0) is 0 Å². The lowest BCUT2D eigenvalue weighted by Gasteiger charge is -2.18. The minimum atomic E-state index is -0.283. The highest BCUT2D eigenvalue weighted by atomic mass is 79.9. The minimum Gasteiger partial charge on any atom is -0.319 e. The zero-order valence-corrected chi connectivity index (χ0v) is 13.5. The van der Waals surface area contributed by atoms with Gasteiger partial charge >= 0.3 is 0 Å². The van der Waals surface area contributed by atoms with E-state index < -0.39 is 0 Å². The molecule has 5 heteroatoms. The van der Waals surface area contributed by atoms with Gasteiger partial charge in [-0.1, -0.05) is 39.7 Å². The topological polar surface area (TPSA) is 43.8 Å². The maximum atomic E-state index is 6.35. The highest BCUT2D eigenvalue weighted by Gasteiger charge is 2.20. The predicted molar refractivity (Wildman–Crippen MR) is 82.5 cm³/mol. The van der Waals surface area contributed by atoms with Gasteiger partial charge < -0.3 is 5.73 Å². The Balaban J connectivity index is 2.46. The highest BCUT2D eigenvalue weighted by molar-refractivity contribution is 9.10. The molecule has 2 rings (SSSR count). The normalized spacial score (nSPS) is 13.0. The Labute approximate surface area is 126 Å². The second-order valence-corrected chi connectivity index (χ2v) is 6.16. The third kappa shape index (κ3) is 2.86. The molecule has 1 aromatic carbocycles. The first-order valence-corrected chi connectivity index (χ1v) is 7.33. The van der Waals surface area contributed by atoms with Crippen LogP contribution in [0.1, 0.15) is 42.8 Å². The van der Waals surface area contributed by atoms with Gasteiger partial charge in [0, 0.05) is 10.5 Å². The minimum absolute atomic E-state index is 0.224. The van der Waals surface area contributed by atoms with Crippen LogP contribution in [0.25, 0.3) is 0 Å². The monoisotopic (exact) mass is 341 g/mol. The van der Waals surface area contributed by atoms with Crippen molar-refractivity contribution in [2.24, 2.45) is 5.73 Å². The van der Waals surface area contributed by atoms with Gasteiger partial charge in [0.1, 0.15) is 0 Å². The molecule has 2 N–H and O–H groups in total. The fourth-order valence-electron chi connectivity index (χ4n) is 2.01. The number of halogens is 2. The van der Waals surface area contributed by atoms with Gasteiger partial charge in [0.15, 0.2) is 0 Å². The van der Waals surface area contributed by atoms with Crippen LogP contribution in [0, 0.1) is 6.92 Å². The third-order valence-corrected chi connectivity index (χ3v) is 4.27. The van der Waals surface area contributed by atoms with E-state index in [4.69, 9.17) is 17.3 Å². The quantitative estimate of drug-likeness (QED) is 0.907. The number of nitrogens with zero attached hydrogens (tertiary/aromatic N) is 2. The molecular weight excluding hydrogens is 326 g/mol. The Morgan fingerprint density at radius 2 is 2.05 bits per heavy atom. The predicted octanol–water partition coefficient (Wildman–Crippen LogP) is 4.24. The summed E-state index contributed by atoms with van der Waals surface area (Å²) in [6, 6.07) is 6.05. The third-order valence-electron chi connectivity index (χ3n) is 3.13. The highest BCUT2D eigenvalue weighted by Crippen LogP contribution is 2.30. The fraction of sp³-hybridized carbons (Fsp3) is 0.357. The van der Waals surface area contributed by atoms with Gasteiger partial charge in [0.2, 0.25) is 0 Å². The smallest absolute Gasteiger partial charge is 0.0837 e. The van der Waals surface area contributed by atoms with Gasteiger partial charge in [-0.3, -0.25) is 4.68 Å². The van der Waals surface area contributed by atoms with Crippen LogP contribution in [-0.4, -0.2) is 9.78 Å². The van der Waals surface area contributed by atoms with Gasteiger partial charge in [-0.2, -0.15) is 5.10 Å². The molecule has 0 radical (unpaired) electrons. The molecule has 0 saturated heterocycles. The van der Waals surface area contributed by atoms with Crippen LogP contribution < -0.4 is 5.73 Å². The van der Waals surface area contributed by atoms with Crippen molar-refractivity contribution in [1.29, 1.82) is 0 Å². The summed E-state index contributed by atoms with van der Waals surface area (Å²) < 4.78 is 2.92. The van der Waals surface area contributed by atoms with Gasteiger partial charge in [-0.15, -0.1) is 0 Å². The molecule has 1 atom stereocenters. The molecule has 0 amide bonds. The maximum Gasteiger partial charge on any atom is 0.0837 e. The summed E-state index contributed by atoms with van der Waals surface area (Å²) in [5.41, 5.74) is 9.40. The number of hydrogen-bond acceptors (Lipinski definition) is 2. The van der Waals surface area contributed by atoms with E-state index in [-0.39, 0.29) is 12.1 Å². The molecule has 0 aliphatic carbocycles. The second-order valence-electron chi connectivity index (χ2n) is 4.90. The molecule has 1 unspecified atom stereocenters. The van der Waals surface area contributed by atoms with Crippen LogP contribution in [0.2, 0.25) is 5.02 Å². The summed E-state index contributed by atoms with van der Waals surface area (Å²) in [4.78, 5) is 0. The SMILES string of the molecule is Cc1ccc(C(N)c2c(Cl)cnn2C(C)C)cc1Br. The molecule has 0 aliphatic rings. The maximum absolute atomic E-state index is 6.35. The summed E-state index contributed by atoms with van der Waals surface area (Å²) in [7, 11) is 0. The molecule has 0 fully saturated rings. The van der Waals surface area contributed by atoms with Gasteiger partial charge in [0.05, 0.1) is 23.0 Å². The van der Waals surface area contributed by atoms with E-state index in [0.29, 0.717) is 5.02 Å². The first kappa shape index (κ1) is 14.6. The standard InChI is InChI=1S/C14H17BrClN3/c1-8(2)19-14(12(16)7-18-19)13(17)10-5-4-9(3)11(15)6-10/h4-8,13H,17H2,1-3H3. The second kappa shape index (κ2) is 5.65. The molecule has 0 saturated carbocycles. The Morgan fingerprint density at radius 3 is 2.63 bits per heavy atom. The lowest BCUT2D eigenvalue weighted by Crippen LogP contribution is -2.19. The molecular formula is C14H17BrClN3. The fourth-order valence-corrected chi connectivity index (χ4v) is 2.66. The average Bonchev–Trinajstić information content (AvgIpc) is 2.74. The Hall–Kier alpha value is -0.840. The van der Waals surface area contributed by atoms with Crippen molar-refractivity contribution in [3.63, 3.8) is 0 Å². The number of benzene rings is 1. The van der Waals surface area contributed by atoms with E-state index in [1.807, 2.05) is 29.8 Å². The molecule has 102 valence electrons. The molecule has 0 bridgehead atoms. The van der Waals surface area contributed by atoms with E-state index in [0.717, 1.165) is 15.7 Å². The summed E-state index contributed by atoms with van der Waals surface area (Å²) in [5.74, 6) is 0. The van der Waals surface area contributed by atoms with Crippen LogP contribution in [0.15, 0.2) is 28.9 Å². The van der Waals surface area contributed by atoms with Crippen molar-refractivity contribution in [3.05, 3.63) is 50.7 Å². The zero-order chi connectivity index (χ0) is 14.2. The van der Waals surface area contributed by atoms with Crippen LogP contribution in [0.3, 0.4) is 0 Å². The molecule has 0 spiro atoms. The molecule has 3 nitrogen and oxygen atoms in total. The first-order chi connectivity index (χ1) is 8.91. The largest absolute Gasteiger partial charge is 0.319 e. The van der Waals surface area contributed by atoms with Gasteiger partial charge in [-0.25, -0.2) is 0 Å². The van der Waals surface area contributed by atoms with E-state index >= 15 is 0 Å². The molecule has 1 heterocycles. The Kier molecular flexibility index (Phi) is 4.33. The van der Waals surface area contributed by atoms with E-state index in [9.17, 15) is 0 Å². The van der Waals surface area contributed by atoms with Crippen LogP contribution >= 0.6 is 27.5 Å². The number of aryl methyl sites for hydroxylation is 1. The Bertz CT molecular complexity index is 592. The molecule has 0 aliphatic heterocycles. The van der Waals surface area contributed by atoms with E-state index in [1.165, 1.54) is 5.56 Å². The first-order valence-electron chi connectivity index (χ1n) is 6.16. The number of hydrogen-bond donors (Lipinski definition) is 1. The summed E-state index contributed by atoms with van der Waals surface area (Å²) in [5, 5.41) is 4.90.